The third-order valence-corrected chi connectivity index (χ3v) is 6.80. The number of amides is 1. The zero-order valence-corrected chi connectivity index (χ0v) is 18.6. The van der Waals surface area contributed by atoms with Crippen molar-refractivity contribution >= 4 is 45.7 Å². The molecule has 2 aromatic carbocycles. The fourth-order valence-electron chi connectivity index (χ4n) is 4.07. The lowest BCUT2D eigenvalue weighted by Crippen LogP contribution is -2.30. The monoisotopic (exact) mass is 460 g/mol. The van der Waals surface area contributed by atoms with Crippen LogP contribution >= 0.6 is 11.3 Å². The number of aryl methyl sites for hydroxylation is 1. The Bertz CT molecular complexity index is 1390. The molecule has 2 aromatic heterocycles. The smallest absolute Gasteiger partial charge is 0.477 e. The highest BCUT2D eigenvalue weighted by molar-refractivity contribution is 7.20. The summed E-state index contributed by atoms with van der Waals surface area (Å²) >= 11 is 1.49. The number of thiophene rings is 1. The number of fused-ring (bicyclic) bond motifs is 2. The number of anilines is 1. The molecule has 0 fully saturated rings. The van der Waals surface area contributed by atoms with Crippen molar-refractivity contribution in [2.75, 3.05) is 11.9 Å². The normalized spacial score (nSPS) is 12.5. The summed E-state index contributed by atoms with van der Waals surface area (Å²) in [6.45, 7) is 2.95. The summed E-state index contributed by atoms with van der Waals surface area (Å²) in [7, 11) is -1.52. The van der Waals surface area contributed by atoms with Crippen LogP contribution < -0.4 is 21.3 Å². The second-order valence-electron chi connectivity index (χ2n) is 7.83. The highest BCUT2D eigenvalue weighted by Crippen LogP contribution is 2.40. The Hall–Kier alpha value is -3.47. The standard InChI is InChI=1S/C23H21BN4O4S/c1-12-18(15-6-3-7-16(20(25)29)19(15)33-12)22-27-21(17-8-9-32-23(17)28-22)26-11-13-4-2-5-14(10-13)24(30)31/h2-7,10,30-31H,8-9,11H2,1H3,(H2,25,29)(H,26,27,28). The van der Waals surface area contributed by atoms with Gasteiger partial charge in [0.2, 0.25) is 11.8 Å². The second kappa shape index (κ2) is 8.47. The number of nitrogens with zero attached hydrogens (tertiary/aromatic N) is 2. The number of hydrogen-bond acceptors (Lipinski definition) is 8. The molecule has 4 aromatic rings. The quantitative estimate of drug-likeness (QED) is 0.324. The Balaban J connectivity index is 1.56. The molecule has 5 rings (SSSR count). The molecule has 33 heavy (non-hydrogen) atoms. The van der Waals surface area contributed by atoms with Crippen molar-refractivity contribution < 1.29 is 19.6 Å². The molecular weight excluding hydrogens is 439 g/mol. The Morgan fingerprint density at radius 2 is 2.06 bits per heavy atom. The second-order valence-corrected chi connectivity index (χ2v) is 9.05. The molecule has 166 valence electrons. The van der Waals surface area contributed by atoms with Gasteiger partial charge in [0.15, 0.2) is 5.82 Å². The van der Waals surface area contributed by atoms with Gasteiger partial charge < -0.3 is 25.8 Å². The van der Waals surface area contributed by atoms with Gasteiger partial charge in [0.25, 0.3) is 0 Å². The number of primary amides is 1. The van der Waals surface area contributed by atoms with Crippen molar-refractivity contribution in [3.05, 3.63) is 64.0 Å². The van der Waals surface area contributed by atoms with Crippen LogP contribution in [0.2, 0.25) is 0 Å². The Morgan fingerprint density at radius 1 is 1.24 bits per heavy atom. The van der Waals surface area contributed by atoms with Gasteiger partial charge in [-0.05, 0) is 24.0 Å². The first-order chi connectivity index (χ1) is 15.9. The minimum absolute atomic E-state index is 0.428. The molecule has 10 heteroatoms. The summed E-state index contributed by atoms with van der Waals surface area (Å²) in [5.74, 6) is 1.27. The van der Waals surface area contributed by atoms with Gasteiger partial charge in [0.05, 0.1) is 17.7 Å². The van der Waals surface area contributed by atoms with Crippen molar-refractivity contribution in [3.63, 3.8) is 0 Å². The Morgan fingerprint density at radius 3 is 2.85 bits per heavy atom. The van der Waals surface area contributed by atoms with Crippen molar-refractivity contribution in [1.29, 1.82) is 0 Å². The van der Waals surface area contributed by atoms with E-state index in [0.717, 1.165) is 31.7 Å². The first-order valence-electron chi connectivity index (χ1n) is 10.5. The first-order valence-corrected chi connectivity index (χ1v) is 11.3. The van der Waals surface area contributed by atoms with Gasteiger partial charge in [-0.15, -0.1) is 11.3 Å². The predicted molar refractivity (Wildman–Crippen MR) is 129 cm³/mol. The molecule has 0 saturated carbocycles. The number of carbonyl (C=O) groups is 1. The lowest BCUT2D eigenvalue weighted by atomic mass is 9.79. The van der Waals surface area contributed by atoms with Gasteiger partial charge in [-0.2, -0.15) is 4.98 Å². The van der Waals surface area contributed by atoms with E-state index in [-0.39, 0.29) is 0 Å². The van der Waals surface area contributed by atoms with Crippen LogP contribution in [-0.2, 0) is 13.0 Å². The maximum Gasteiger partial charge on any atom is 0.488 e. The molecule has 1 amide bonds. The largest absolute Gasteiger partial charge is 0.488 e. The summed E-state index contributed by atoms with van der Waals surface area (Å²) in [6.07, 6.45) is 0.697. The zero-order chi connectivity index (χ0) is 23.1. The first kappa shape index (κ1) is 21.4. The molecule has 0 bridgehead atoms. The summed E-state index contributed by atoms with van der Waals surface area (Å²) in [6, 6.07) is 12.6. The molecular formula is C23H21BN4O4S. The van der Waals surface area contributed by atoms with Crippen LogP contribution in [0.5, 0.6) is 5.88 Å². The molecule has 0 spiro atoms. The van der Waals surface area contributed by atoms with Crippen LogP contribution in [0.15, 0.2) is 42.5 Å². The molecule has 8 nitrogen and oxygen atoms in total. The summed E-state index contributed by atoms with van der Waals surface area (Å²) in [5, 5.41) is 23.1. The zero-order valence-electron chi connectivity index (χ0n) is 17.8. The Labute approximate surface area is 194 Å². The van der Waals surface area contributed by atoms with Crippen LogP contribution in [0.25, 0.3) is 21.5 Å². The van der Waals surface area contributed by atoms with E-state index in [1.54, 1.807) is 24.3 Å². The van der Waals surface area contributed by atoms with Crippen LogP contribution in [0.3, 0.4) is 0 Å². The molecule has 0 saturated heterocycles. The van der Waals surface area contributed by atoms with Gasteiger partial charge >= 0.3 is 7.12 Å². The van der Waals surface area contributed by atoms with Gasteiger partial charge in [-0.3, -0.25) is 4.79 Å². The average Bonchev–Trinajstić information content (AvgIpc) is 3.40. The molecule has 1 aliphatic heterocycles. The van der Waals surface area contributed by atoms with E-state index >= 15 is 0 Å². The molecule has 0 radical (unpaired) electrons. The van der Waals surface area contributed by atoms with Crippen molar-refractivity contribution in [3.8, 4) is 17.3 Å². The number of benzene rings is 2. The number of hydrogen-bond donors (Lipinski definition) is 4. The molecule has 0 aliphatic carbocycles. The van der Waals surface area contributed by atoms with E-state index in [2.05, 4.69) is 10.3 Å². The van der Waals surface area contributed by atoms with E-state index < -0.39 is 13.0 Å². The highest BCUT2D eigenvalue weighted by Gasteiger charge is 2.24. The van der Waals surface area contributed by atoms with Crippen molar-refractivity contribution in [2.24, 2.45) is 5.73 Å². The number of aromatic nitrogens is 2. The van der Waals surface area contributed by atoms with Crippen molar-refractivity contribution in [2.45, 2.75) is 19.9 Å². The molecule has 5 N–H and O–H groups in total. The van der Waals surface area contributed by atoms with Crippen LogP contribution in [0, 0.1) is 6.92 Å². The molecule has 0 unspecified atom stereocenters. The fraction of sp³-hybridized carbons (Fsp3) is 0.174. The highest BCUT2D eigenvalue weighted by atomic mass is 32.1. The lowest BCUT2D eigenvalue weighted by molar-refractivity contribution is 0.100. The third kappa shape index (κ3) is 3.93. The minimum Gasteiger partial charge on any atom is -0.477 e. The van der Waals surface area contributed by atoms with E-state index in [9.17, 15) is 14.8 Å². The lowest BCUT2D eigenvalue weighted by Gasteiger charge is -2.12. The van der Waals surface area contributed by atoms with Gasteiger partial charge in [0.1, 0.15) is 5.82 Å². The number of nitrogens with two attached hydrogens (primary N) is 1. The molecule has 3 heterocycles. The minimum atomic E-state index is -1.52. The van der Waals surface area contributed by atoms with Crippen LogP contribution in [0.1, 0.15) is 26.4 Å². The molecule has 1 aliphatic rings. The van der Waals surface area contributed by atoms with Crippen LogP contribution in [0.4, 0.5) is 5.82 Å². The summed E-state index contributed by atoms with van der Waals surface area (Å²) in [4.78, 5) is 22.4. The summed E-state index contributed by atoms with van der Waals surface area (Å²) < 4.78 is 6.58. The van der Waals surface area contributed by atoms with E-state index in [1.165, 1.54) is 11.3 Å². The van der Waals surface area contributed by atoms with E-state index in [1.807, 2.05) is 25.1 Å². The SMILES string of the molecule is Cc1sc2c(C(N)=O)cccc2c1-c1nc(NCc2cccc(B(O)O)c2)c2c(n1)OCC2. The third-order valence-electron chi connectivity index (χ3n) is 5.65. The predicted octanol–water partition coefficient (Wildman–Crippen LogP) is 1.99. The number of carbonyl (C=O) groups excluding carboxylic acids is 1. The summed E-state index contributed by atoms with van der Waals surface area (Å²) in [5.41, 5.74) is 9.13. The van der Waals surface area contributed by atoms with Gasteiger partial charge in [-0.1, -0.05) is 36.4 Å². The maximum absolute atomic E-state index is 11.9. The van der Waals surface area contributed by atoms with Crippen LogP contribution in [-0.4, -0.2) is 39.6 Å². The topological polar surface area (TPSA) is 131 Å². The molecule has 0 atom stereocenters. The number of ether oxygens (including phenoxy) is 1. The maximum atomic E-state index is 11.9. The Kier molecular flexibility index (Phi) is 5.49. The van der Waals surface area contributed by atoms with Crippen molar-refractivity contribution in [1.82, 2.24) is 9.97 Å². The number of rotatable bonds is 6. The van der Waals surface area contributed by atoms with E-state index in [4.69, 9.17) is 15.5 Å². The fourth-order valence-corrected chi connectivity index (χ4v) is 5.24. The number of nitrogens with one attached hydrogen (secondary N) is 1. The average molecular weight is 460 g/mol. The van der Waals surface area contributed by atoms with Gasteiger partial charge in [0, 0.05) is 33.5 Å². The van der Waals surface area contributed by atoms with Gasteiger partial charge in [-0.25, -0.2) is 4.98 Å². The van der Waals surface area contributed by atoms with E-state index in [0.29, 0.717) is 48.1 Å².